The van der Waals surface area contributed by atoms with Crippen molar-refractivity contribution in [2.24, 2.45) is 0 Å². The van der Waals surface area contributed by atoms with Gasteiger partial charge in [0.25, 0.3) is 0 Å². The zero-order chi connectivity index (χ0) is 16.7. The fourth-order valence-corrected chi connectivity index (χ4v) is 5.99. The van der Waals surface area contributed by atoms with Gasteiger partial charge in [0.15, 0.2) is 11.5 Å². The Morgan fingerprint density at radius 2 is 2.21 bits per heavy atom. The topological polar surface area (TPSA) is 73.2 Å². The highest BCUT2D eigenvalue weighted by Crippen LogP contribution is 2.65. The van der Waals surface area contributed by atoms with Crippen molar-refractivity contribution in [1.29, 1.82) is 0 Å². The van der Waals surface area contributed by atoms with E-state index in [-0.39, 0.29) is 11.8 Å². The summed E-state index contributed by atoms with van der Waals surface area (Å²) in [5.74, 6) is 0.589. The molecule has 0 radical (unpaired) electrons. The molecule has 2 heterocycles. The highest BCUT2D eigenvalue weighted by molar-refractivity contribution is 5.62. The molecule has 2 bridgehead atoms. The Kier molecular flexibility index (Phi) is 2.79. The van der Waals surface area contributed by atoms with Crippen LogP contribution in [0.15, 0.2) is 24.8 Å². The lowest BCUT2D eigenvalue weighted by atomic mass is 9.48. The molecule has 3 N–H and O–H groups in total. The summed E-state index contributed by atoms with van der Waals surface area (Å²) in [7, 11) is 0. The van der Waals surface area contributed by atoms with Crippen LogP contribution in [0.4, 0.5) is 0 Å². The van der Waals surface area contributed by atoms with Crippen LogP contribution in [0.1, 0.15) is 30.4 Å². The minimum atomic E-state index is -0.940. The first-order chi connectivity index (χ1) is 11.5. The van der Waals surface area contributed by atoms with E-state index < -0.39 is 23.2 Å². The van der Waals surface area contributed by atoms with Gasteiger partial charge in [-0.15, -0.1) is 6.58 Å². The average Bonchev–Trinajstić information content (AvgIpc) is 2.91. The van der Waals surface area contributed by atoms with Crippen LogP contribution in [0.5, 0.6) is 11.5 Å². The summed E-state index contributed by atoms with van der Waals surface area (Å²) in [5, 5.41) is 32.8. The highest BCUT2D eigenvalue weighted by atomic mass is 16.5. The van der Waals surface area contributed by atoms with E-state index in [2.05, 4.69) is 11.5 Å². The van der Waals surface area contributed by atoms with Gasteiger partial charge in [-0.1, -0.05) is 12.1 Å². The Morgan fingerprint density at radius 1 is 1.38 bits per heavy atom. The van der Waals surface area contributed by atoms with Crippen LogP contribution in [0.25, 0.3) is 0 Å². The Morgan fingerprint density at radius 3 is 3.00 bits per heavy atom. The molecule has 128 valence electrons. The number of ether oxygens (including phenoxy) is 1. The molecule has 1 saturated heterocycles. The van der Waals surface area contributed by atoms with E-state index in [1.165, 1.54) is 0 Å². The number of aliphatic hydroxyl groups excluding tert-OH is 1. The van der Waals surface area contributed by atoms with Gasteiger partial charge in [-0.2, -0.15) is 0 Å². The predicted octanol–water partition coefficient (Wildman–Crippen LogP) is 1.09. The van der Waals surface area contributed by atoms with Gasteiger partial charge in [0.05, 0.1) is 17.1 Å². The third kappa shape index (κ3) is 1.43. The normalized spacial score (nSPS) is 42.3. The van der Waals surface area contributed by atoms with Crippen LogP contribution in [0.2, 0.25) is 0 Å². The summed E-state index contributed by atoms with van der Waals surface area (Å²) in [6.07, 6.45) is 3.33. The van der Waals surface area contributed by atoms with Crippen LogP contribution in [0.3, 0.4) is 0 Å². The third-order valence-corrected chi connectivity index (χ3v) is 6.91. The summed E-state index contributed by atoms with van der Waals surface area (Å²) in [5.41, 5.74) is 0.518. The molecule has 1 aromatic carbocycles. The molecule has 24 heavy (non-hydrogen) atoms. The number of phenols is 1. The number of aliphatic hydroxyl groups is 2. The number of nitrogens with zero attached hydrogens (tertiary/aromatic N) is 1. The Hall–Kier alpha value is -1.56. The first-order valence-corrected chi connectivity index (χ1v) is 8.80. The van der Waals surface area contributed by atoms with Crippen molar-refractivity contribution < 1.29 is 20.1 Å². The Balaban J connectivity index is 1.78. The van der Waals surface area contributed by atoms with Crippen LogP contribution >= 0.6 is 0 Å². The van der Waals surface area contributed by atoms with Gasteiger partial charge in [0.2, 0.25) is 0 Å². The van der Waals surface area contributed by atoms with Crippen LogP contribution < -0.4 is 4.74 Å². The van der Waals surface area contributed by atoms with E-state index in [0.29, 0.717) is 18.6 Å². The van der Waals surface area contributed by atoms with Crippen molar-refractivity contribution in [3.05, 3.63) is 35.9 Å². The largest absolute Gasteiger partial charge is 0.504 e. The quantitative estimate of drug-likeness (QED) is 0.709. The van der Waals surface area contributed by atoms with Crippen molar-refractivity contribution in [3.63, 3.8) is 0 Å². The molecule has 2 fully saturated rings. The van der Waals surface area contributed by atoms with Crippen molar-refractivity contribution in [2.45, 2.75) is 54.9 Å². The third-order valence-electron chi connectivity index (χ3n) is 6.91. The number of hydrogen-bond acceptors (Lipinski definition) is 5. The average molecular weight is 329 g/mol. The first kappa shape index (κ1) is 14.8. The van der Waals surface area contributed by atoms with Gasteiger partial charge in [0, 0.05) is 18.2 Å². The van der Waals surface area contributed by atoms with E-state index >= 15 is 0 Å². The van der Waals surface area contributed by atoms with Crippen molar-refractivity contribution in [3.8, 4) is 11.5 Å². The maximum atomic E-state index is 11.9. The summed E-state index contributed by atoms with van der Waals surface area (Å²) in [6, 6.07) is 3.62. The molecule has 2 aliphatic carbocycles. The molecule has 5 rings (SSSR count). The summed E-state index contributed by atoms with van der Waals surface area (Å²) in [6.45, 7) is 5.44. The number of aromatic hydroxyl groups is 1. The number of piperidine rings is 1. The van der Waals surface area contributed by atoms with Gasteiger partial charge in [-0.05, 0) is 43.9 Å². The molecule has 0 amide bonds. The van der Waals surface area contributed by atoms with Crippen molar-refractivity contribution in [2.75, 3.05) is 13.1 Å². The molecule has 1 saturated carbocycles. The molecular formula is C19H23NO4. The number of rotatable bonds is 2. The van der Waals surface area contributed by atoms with Crippen molar-refractivity contribution in [1.82, 2.24) is 4.90 Å². The van der Waals surface area contributed by atoms with E-state index in [1.54, 1.807) is 6.07 Å². The molecule has 5 heteroatoms. The molecule has 5 atom stereocenters. The zero-order valence-electron chi connectivity index (χ0n) is 13.6. The maximum Gasteiger partial charge on any atom is 0.165 e. The molecule has 2 aliphatic heterocycles. The fourth-order valence-electron chi connectivity index (χ4n) is 5.99. The highest BCUT2D eigenvalue weighted by Gasteiger charge is 2.72. The number of benzene rings is 1. The van der Waals surface area contributed by atoms with Gasteiger partial charge in [-0.3, -0.25) is 4.90 Å². The first-order valence-electron chi connectivity index (χ1n) is 8.80. The van der Waals surface area contributed by atoms with Gasteiger partial charge in [-0.25, -0.2) is 0 Å². The number of likely N-dealkylation sites (tertiary alicyclic amines) is 1. The second kappa shape index (κ2) is 4.54. The minimum Gasteiger partial charge on any atom is -0.504 e. The summed E-state index contributed by atoms with van der Waals surface area (Å²) >= 11 is 0. The van der Waals surface area contributed by atoms with Gasteiger partial charge >= 0.3 is 0 Å². The predicted molar refractivity (Wildman–Crippen MR) is 88.3 cm³/mol. The van der Waals surface area contributed by atoms with Crippen LogP contribution in [-0.2, 0) is 11.8 Å². The lowest BCUT2D eigenvalue weighted by Crippen LogP contribution is -2.77. The molecular weight excluding hydrogens is 306 g/mol. The van der Waals surface area contributed by atoms with Crippen LogP contribution in [-0.4, -0.2) is 57.2 Å². The Bertz CT molecular complexity index is 734. The number of hydrogen-bond donors (Lipinski definition) is 3. The van der Waals surface area contributed by atoms with E-state index in [1.807, 2.05) is 12.1 Å². The molecule has 0 aromatic heterocycles. The van der Waals surface area contributed by atoms with E-state index in [9.17, 15) is 15.3 Å². The number of phenolic OH excluding ortho intramolecular Hbond substituents is 1. The standard InChI is InChI=1S/C19H23NO4/c1-2-8-20-9-7-18-15-11-3-4-12(21)16(15)24-17(18)13(22)5-6-19(18,23)14(20)10-11/h2-4,13-14,17,21-23H,1,5-10H2/t13-,14?,17-,18-,19+/m1/s1. The Labute approximate surface area is 141 Å². The monoisotopic (exact) mass is 329 g/mol. The van der Waals surface area contributed by atoms with Crippen molar-refractivity contribution >= 4 is 0 Å². The summed E-state index contributed by atoms with van der Waals surface area (Å²) in [4.78, 5) is 2.31. The lowest BCUT2D eigenvalue weighted by Gasteiger charge is -2.63. The smallest absolute Gasteiger partial charge is 0.165 e. The maximum absolute atomic E-state index is 11.9. The van der Waals surface area contributed by atoms with E-state index in [4.69, 9.17) is 4.74 Å². The van der Waals surface area contributed by atoms with E-state index in [0.717, 1.165) is 37.1 Å². The van der Waals surface area contributed by atoms with Crippen LogP contribution in [0, 0.1) is 0 Å². The van der Waals surface area contributed by atoms with Gasteiger partial charge in [0.1, 0.15) is 6.10 Å². The van der Waals surface area contributed by atoms with Gasteiger partial charge < -0.3 is 20.1 Å². The molecule has 5 nitrogen and oxygen atoms in total. The minimum absolute atomic E-state index is 0.00848. The fraction of sp³-hybridized carbons (Fsp3) is 0.579. The summed E-state index contributed by atoms with van der Waals surface area (Å²) < 4.78 is 6.08. The second-order valence-corrected chi connectivity index (χ2v) is 7.74. The lowest BCUT2D eigenvalue weighted by molar-refractivity contribution is -0.206. The molecule has 1 spiro atoms. The zero-order valence-corrected chi connectivity index (χ0v) is 13.6. The second-order valence-electron chi connectivity index (χ2n) is 7.74. The SMILES string of the molecule is C=CCN1CC[C@@]23c4c5ccc(O)c4O[C@@H]2[C@H](O)CC[C@]3(O)C1C5. The molecule has 1 aromatic rings. The molecule has 4 aliphatic rings. The molecule has 1 unspecified atom stereocenters.